The fourth-order valence-electron chi connectivity index (χ4n) is 2.73. The summed E-state index contributed by atoms with van der Waals surface area (Å²) >= 11 is 0.971. The molecule has 2 aromatic heterocycles. The number of rotatable bonds is 7. The Morgan fingerprint density at radius 3 is 2.67 bits per heavy atom. The van der Waals surface area contributed by atoms with Crippen molar-refractivity contribution in [2.45, 2.75) is 25.6 Å². The number of amides is 2. The molecule has 1 aliphatic rings. The number of carbonyl (C=O) groups is 2. The first-order valence-corrected chi connectivity index (χ1v) is 10.8. The second-order valence-electron chi connectivity index (χ2n) is 6.43. The van der Waals surface area contributed by atoms with E-state index >= 15 is 0 Å². The molecule has 2 aromatic rings. The molecule has 18 heteroatoms. The summed E-state index contributed by atoms with van der Waals surface area (Å²) in [6.07, 6.45) is 0.735. The molecule has 0 bridgehead atoms. The van der Waals surface area contributed by atoms with Crippen LogP contribution in [0.2, 0.25) is 0 Å². The number of nitrogens with one attached hydrogen (secondary N) is 1. The number of hydrogen-bond acceptors (Lipinski definition) is 13. The van der Waals surface area contributed by atoms with Crippen LogP contribution in [0.25, 0.3) is 0 Å². The number of hydrogen-bond donors (Lipinski definition) is 4. The van der Waals surface area contributed by atoms with Crippen LogP contribution in [0, 0.1) is 0 Å². The predicted octanol–water partition coefficient (Wildman–Crippen LogP) is -5.07. The Balaban J connectivity index is 0.00000385. The third-order valence-corrected chi connectivity index (χ3v) is 5.97. The zero-order valence-electron chi connectivity index (χ0n) is 17.0. The molecule has 2 atom stereocenters. The van der Waals surface area contributed by atoms with Gasteiger partial charge in [-0.1, -0.05) is 5.16 Å². The molecular formula is C15H15N6NaO9S2. The molecule has 1 aliphatic heterocycles. The Morgan fingerprint density at radius 1 is 1.45 bits per heavy atom. The molecule has 15 nitrogen and oxygen atoms in total. The van der Waals surface area contributed by atoms with Crippen LogP contribution in [0.5, 0.6) is 5.75 Å². The van der Waals surface area contributed by atoms with E-state index in [-0.39, 0.29) is 50.4 Å². The zero-order chi connectivity index (χ0) is 23.8. The molecule has 0 spiro atoms. The summed E-state index contributed by atoms with van der Waals surface area (Å²) < 4.78 is 33.8. The van der Waals surface area contributed by atoms with Gasteiger partial charge in [-0.2, -0.15) is 4.73 Å². The molecule has 0 saturated carbocycles. The van der Waals surface area contributed by atoms with Gasteiger partial charge in [0, 0.05) is 11.4 Å². The number of thiazole rings is 1. The van der Waals surface area contributed by atoms with E-state index in [0.717, 1.165) is 23.6 Å². The number of β-lactam (4-membered cyclic amide) rings is 1. The van der Waals surface area contributed by atoms with Crippen molar-refractivity contribution in [2.24, 2.45) is 5.16 Å². The van der Waals surface area contributed by atoms with Gasteiger partial charge in [-0.3, -0.25) is 14.4 Å². The van der Waals surface area contributed by atoms with Gasteiger partial charge in [0.1, 0.15) is 17.4 Å². The van der Waals surface area contributed by atoms with Crippen molar-refractivity contribution in [1.82, 2.24) is 19.3 Å². The van der Waals surface area contributed by atoms with Gasteiger partial charge in [0.25, 0.3) is 11.8 Å². The number of aromatic nitrogens is 2. The molecule has 0 unspecified atom stereocenters. The van der Waals surface area contributed by atoms with E-state index < -0.39 is 57.7 Å². The average molecular weight is 510 g/mol. The van der Waals surface area contributed by atoms with E-state index in [1.54, 1.807) is 0 Å². The zero-order valence-corrected chi connectivity index (χ0v) is 20.7. The van der Waals surface area contributed by atoms with Crippen LogP contribution in [-0.4, -0.2) is 66.9 Å². The average Bonchev–Trinajstić information content (AvgIpc) is 3.11. The van der Waals surface area contributed by atoms with Crippen molar-refractivity contribution >= 4 is 44.3 Å². The summed E-state index contributed by atoms with van der Waals surface area (Å²) in [6, 6.07) is -1.57. The first-order valence-electron chi connectivity index (χ1n) is 8.55. The van der Waals surface area contributed by atoms with Crippen LogP contribution in [0.1, 0.15) is 18.3 Å². The van der Waals surface area contributed by atoms with Crippen LogP contribution < -0.4 is 46.0 Å². The number of nitrogen functional groups attached to an aromatic ring is 1. The fraction of sp³-hybridized carbons (Fsp3) is 0.267. The number of carbonyl (C=O) groups excluding carboxylic acids is 2. The first kappa shape index (κ1) is 26.6. The normalized spacial score (nSPS) is 18.3. The third-order valence-electron chi connectivity index (χ3n) is 4.30. The predicted molar refractivity (Wildman–Crippen MR) is 105 cm³/mol. The van der Waals surface area contributed by atoms with Gasteiger partial charge in [0.05, 0.1) is 12.2 Å². The number of aromatic hydroxyl groups is 1. The molecule has 0 aromatic carbocycles. The molecule has 3 heterocycles. The Bertz CT molecular complexity index is 1270. The van der Waals surface area contributed by atoms with E-state index in [1.807, 2.05) is 0 Å². The van der Waals surface area contributed by atoms with Crippen molar-refractivity contribution in [1.29, 1.82) is 0 Å². The van der Waals surface area contributed by atoms with Crippen LogP contribution in [0.15, 0.2) is 27.6 Å². The largest absolute Gasteiger partial charge is 1.00 e. The summed E-state index contributed by atoms with van der Waals surface area (Å²) in [5.74, 6) is -2.81. The Kier molecular flexibility index (Phi) is 8.09. The van der Waals surface area contributed by atoms with E-state index in [9.17, 15) is 37.7 Å². The molecule has 33 heavy (non-hydrogen) atoms. The number of nitrogens with two attached hydrogens (primary N) is 1. The number of pyridine rings is 1. The van der Waals surface area contributed by atoms with E-state index in [4.69, 9.17) is 10.6 Å². The molecule has 0 radical (unpaired) electrons. The second-order valence-corrected chi connectivity index (χ2v) is 8.57. The van der Waals surface area contributed by atoms with Crippen LogP contribution >= 0.6 is 11.3 Å². The summed E-state index contributed by atoms with van der Waals surface area (Å²) in [5.41, 5.74) is 4.16. The monoisotopic (exact) mass is 510 g/mol. The Morgan fingerprint density at radius 2 is 2.12 bits per heavy atom. The van der Waals surface area contributed by atoms with Gasteiger partial charge in [0.15, 0.2) is 33.5 Å². The number of oxime groups is 1. The molecule has 2 amide bonds. The van der Waals surface area contributed by atoms with E-state index in [0.29, 0.717) is 4.73 Å². The number of anilines is 1. The van der Waals surface area contributed by atoms with Crippen LogP contribution in [0.3, 0.4) is 0 Å². The molecule has 5 N–H and O–H groups in total. The smallest absolute Gasteiger partial charge is 0.731 e. The van der Waals surface area contributed by atoms with Crippen molar-refractivity contribution in [3.05, 3.63) is 39.3 Å². The minimum absolute atomic E-state index is 0. The first-order chi connectivity index (χ1) is 14.9. The van der Waals surface area contributed by atoms with Gasteiger partial charge in [-0.15, -0.1) is 11.3 Å². The maximum atomic E-state index is 12.7. The summed E-state index contributed by atoms with van der Waals surface area (Å²) in [5, 5.41) is 26.3. The summed E-state index contributed by atoms with van der Waals surface area (Å²) in [4.78, 5) is 45.0. The molecule has 3 rings (SSSR count). The van der Waals surface area contributed by atoms with Crippen molar-refractivity contribution < 1.29 is 67.3 Å². The number of nitrogens with zero attached hydrogens (tertiary/aromatic N) is 4. The minimum atomic E-state index is -5.03. The molecule has 172 valence electrons. The van der Waals surface area contributed by atoms with Gasteiger partial charge >= 0.3 is 29.6 Å². The van der Waals surface area contributed by atoms with Gasteiger partial charge in [-0.25, -0.2) is 17.7 Å². The molecular weight excluding hydrogens is 495 g/mol. The van der Waals surface area contributed by atoms with Crippen LogP contribution in [0.4, 0.5) is 5.13 Å². The fourth-order valence-corrected chi connectivity index (χ4v) is 4.14. The molecule has 1 fully saturated rings. The van der Waals surface area contributed by atoms with Crippen molar-refractivity contribution in [3.8, 4) is 5.75 Å². The van der Waals surface area contributed by atoms with Gasteiger partial charge in [-0.05, 0) is 6.92 Å². The third kappa shape index (κ3) is 5.63. The Hall–Kier alpha value is -2.70. The Labute approximate surface area is 211 Å². The SMILES string of the molecule is C[C@H]1[C@H](NC(=O)/C(=N/OCc2cc(=O)c(O)cn2O)c2csc(N)n2)C(=O)N1S(=O)(=O)[O-].[Na+]. The molecule has 1 saturated heterocycles. The van der Waals surface area contributed by atoms with Gasteiger partial charge in [0.2, 0.25) is 5.43 Å². The van der Waals surface area contributed by atoms with Gasteiger partial charge < -0.3 is 30.8 Å². The summed E-state index contributed by atoms with van der Waals surface area (Å²) in [7, 11) is -5.03. The van der Waals surface area contributed by atoms with E-state index in [2.05, 4.69) is 15.5 Å². The topological polar surface area (TPSA) is 230 Å². The maximum Gasteiger partial charge on any atom is 1.00 e. The van der Waals surface area contributed by atoms with Crippen LogP contribution in [-0.2, 0) is 31.3 Å². The quantitative estimate of drug-likeness (QED) is 0.0687. The van der Waals surface area contributed by atoms with Crippen molar-refractivity contribution in [2.75, 3.05) is 5.73 Å². The second kappa shape index (κ2) is 10.1. The maximum absolute atomic E-state index is 12.7. The standard InChI is InChI=1S/C15H16N6O9S2.Na/c1-6-11(14(25)21(6)32(27,28)29)18-13(24)12(8-5-31-15(16)17-8)19-30-4-7-2-9(22)10(23)3-20(7)26;/h2-3,5-6,11,23,26H,4H2,1H3,(H2,16,17)(H,18,24)(H,27,28,29);/q;+1/p-1/b19-12+;/t6-,11-;/m0./s1. The van der Waals surface area contributed by atoms with E-state index in [1.165, 1.54) is 12.3 Å². The minimum Gasteiger partial charge on any atom is -0.731 e. The summed E-state index contributed by atoms with van der Waals surface area (Å²) in [6.45, 7) is 0.741. The molecule has 0 aliphatic carbocycles. The van der Waals surface area contributed by atoms with Crippen molar-refractivity contribution in [3.63, 3.8) is 0 Å².